The Morgan fingerprint density at radius 2 is 1.92 bits per heavy atom. The zero-order valence-corrected chi connectivity index (χ0v) is 21.6. The summed E-state index contributed by atoms with van der Waals surface area (Å²) in [4.78, 5) is 20.0. The third kappa shape index (κ3) is 4.19. The fourth-order valence-electron chi connectivity index (χ4n) is 6.22. The van der Waals surface area contributed by atoms with E-state index in [1.807, 2.05) is 18.5 Å². The lowest BCUT2D eigenvalue weighted by molar-refractivity contribution is 0.170. The highest BCUT2D eigenvalue weighted by atomic mass is 15.4. The summed E-state index contributed by atoms with van der Waals surface area (Å²) < 4.78 is 2.23. The summed E-state index contributed by atoms with van der Waals surface area (Å²) in [7, 11) is 0. The maximum Gasteiger partial charge on any atom is 0.207 e. The number of anilines is 1. The first-order chi connectivity index (χ1) is 17.6. The van der Waals surface area contributed by atoms with Crippen LogP contribution in [-0.4, -0.2) is 62.0 Å². The minimum atomic E-state index is 0.0146. The molecule has 1 aromatic carbocycles. The Labute approximate surface area is 214 Å². The SMILES string of the molecule is CCCCN1CC2CC1CN2C1=NC(c2ccnc(N[C@@H](C)c3ccccc3)c2)C(C)c2nccn21. The number of benzene rings is 1. The molecule has 188 valence electrons. The van der Waals surface area contributed by atoms with E-state index in [4.69, 9.17) is 9.98 Å². The van der Waals surface area contributed by atoms with Gasteiger partial charge in [0.15, 0.2) is 0 Å². The van der Waals surface area contributed by atoms with E-state index in [9.17, 15) is 0 Å². The lowest BCUT2D eigenvalue weighted by Gasteiger charge is -2.39. The van der Waals surface area contributed by atoms with E-state index in [1.54, 1.807) is 0 Å². The van der Waals surface area contributed by atoms with Gasteiger partial charge in [-0.3, -0.25) is 9.47 Å². The lowest BCUT2D eigenvalue weighted by atomic mass is 9.93. The van der Waals surface area contributed by atoms with Crippen LogP contribution >= 0.6 is 0 Å². The molecule has 3 aliphatic rings. The van der Waals surface area contributed by atoms with Crippen molar-refractivity contribution in [3.8, 4) is 0 Å². The monoisotopic (exact) mass is 483 g/mol. The van der Waals surface area contributed by atoms with Crippen LogP contribution < -0.4 is 5.32 Å². The van der Waals surface area contributed by atoms with E-state index in [2.05, 4.69) is 88.0 Å². The molecule has 4 unspecified atom stereocenters. The Morgan fingerprint density at radius 1 is 1.06 bits per heavy atom. The van der Waals surface area contributed by atoms with E-state index in [0.29, 0.717) is 12.1 Å². The van der Waals surface area contributed by atoms with Crippen molar-refractivity contribution < 1.29 is 0 Å². The maximum absolute atomic E-state index is 5.40. The number of nitrogens with zero attached hydrogens (tertiary/aromatic N) is 6. The lowest BCUT2D eigenvalue weighted by Crippen LogP contribution is -2.51. The molecule has 1 N–H and O–H groups in total. The summed E-state index contributed by atoms with van der Waals surface area (Å²) in [5.41, 5.74) is 2.43. The van der Waals surface area contributed by atoms with Crippen molar-refractivity contribution in [2.75, 3.05) is 25.0 Å². The van der Waals surface area contributed by atoms with Gasteiger partial charge < -0.3 is 10.2 Å². The zero-order chi connectivity index (χ0) is 24.6. The first kappa shape index (κ1) is 23.2. The second-order valence-electron chi connectivity index (χ2n) is 10.6. The molecule has 6 rings (SSSR count). The summed E-state index contributed by atoms with van der Waals surface area (Å²) >= 11 is 0. The molecule has 2 aromatic heterocycles. The predicted molar refractivity (Wildman–Crippen MR) is 144 cm³/mol. The molecule has 0 saturated carbocycles. The zero-order valence-electron chi connectivity index (χ0n) is 21.6. The Kier molecular flexibility index (Phi) is 6.25. The molecule has 36 heavy (non-hydrogen) atoms. The number of fused-ring (bicyclic) bond motifs is 3. The molecule has 5 atom stereocenters. The molecular weight excluding hydrogens is 446 g/mol. The molecule has 2 bridgehead atoms. The highest BCUT2D eigenvalue weighted by Gasteiger charge is 2.46. The van der Waals surface area contributed by atoms with Crippen molar-refractivity contribution in [1.29, 1.82) is 0 Å². The smallest absolute Gasteiger partial charge is 0.207 e. The van der Waals surface area contributed by atoms with Gasteiger partial charge in [0.2, 0.25) is 5.96 Å². The van der Waals surface area contributed by atoms with Crippen LogP contribution in [0.5, 0.6) is 0 Å². The van der Waals surface area contributed by atoms with Crippen molar-refractivity contribution >= 4 is 11.8 Å². The van der Waals surface area contributed by atoms with Crippen molar-refractivity contribution in [2.45, 2.75) is 70.1 Å². The number of hydrogen-bond acceptors (Lipinski definition) is 6. The van der Waals surface area contributed by atoms with E-state index in [-0.39, 0.29) is 18.0 Å². The van der Waals surface area contributed by atoms with Crippen LogP contribution in [0.1, 0.15) is 75.0 Å². The summed E-state index contributed by atoms with van der Waals surface area (Å²) in [6.07, 6.45) is 9.71. The standard InChI is InChI=1S/C29H37N7/c1-4-5-14-34-18-25-17-24(34)19-36(25)29-33-27(20(2)28-31-13-15-35(28)29)23-11-12-30-26(16-23)32-21(3)22-9-7-6-8-10-22/h6-13,15-16,20-21,24-25,27H,4-5,14,17-19H2,1-3H3,(H,30,32)/t20?,21-,24?,25?,27?/m0/s1. The van der Waals surface area contributed by atoms with Gasteiger partial charge in [-0.2, -0.15) is 0 Å². The number of nitrogens with one attached hydrogen (secondary N) is 1. The number of imidazole rings is 1. The van der Waals surface area contributed by atoms with Crippen LogP contribution in [0, 0.1) is 0 Å². The summed E-state index contributed by atoms with van der Waals surface area (Å²) in [6.45, 7) is 10.1. The van der Waals surface area contributed by atoms with Crippen molar-refractivity contribution in [2.24, 2.45) is 4.99 Å². The van der Waals surface area contributed by atoms with Gasteiger partial charge in [0, 0.05) is 55.7 Å². The molecule has 0 aliphatic carbocycles. The third-order valence-electron chi connectivity index (χ3n) is 8.22. The number of rotatable bonds is 7. The fraction of sp³-hybridized carbons (Fsp3) is 0.483. The topological polar surface area (TPSA) is 61.6 Å². The molecule has 3 aromatic rings. The van der Waals surface area contributed by atoms with E-state index in [0.717, 1.165) is 30.7 Å². The van der Waals surface area contributed by atoms with Gasteiger partial charge >= 0.3 is 0 Å². The predicted octanol–water partition coefficient (Wildman–Crippen LogP) is 5.07. The Balaban J connectivity index is 1.26. The van der Waals surface area contributed by atoms with Crippen molar-refractivity contribution in [3.63, 3.8) is 0 Å². The van der Waals surface area contributed by atoms with Crippen LogP contribution in [0.25, 0.3) is 0 Å². The number of pyridine rings is 1. The van der Waals surface area contributed by atoms with Gasteiger partial charge in [0.1, 0.15) is 11.6 Å². The molecule has 0 amide bonds. The van der Waals surface area contributed by atoms with Crippen LogP contribution in [0.3, 0.4) is 0 Å². The van der Waals surface area contributed by atoms with Gasteiger partial charge in [-0.25, -0.2) is 15.0 Å². The molecule has 2 saturated heterocycles. The van der Waals surface area contributed by atoms with Crippen molar-refractivity contribution in [3.05, 3.63) is 78.0 Å². The number of piperazine rings is 1. The Hall–Kier alpha value is -3.19. The van der Waals surface area contributed by atoms with Gasteiger partial charge in [0.25, 0.3) is 0 Å². The number of unbranched alkanes of at least 4 members (excludes halogenated alkanes) is 1. The first-order valence-electron chi connectivity index (χ1n) is 13.5. The molecule has 7 nitrogen and oxygen atoms in total. The van der Waals surface area contributed by atoms with E-state index < -0.39 is 0 Å². The largest absolute Gasteiger partial charge is 0.364 e. The minimum absolute atomic E-state index is 0.0146. The molecule has 5 heterocycles. The quantitative estimate of drug-likeness (QED) is 0.508. The first-order valence-corrected chi connectivity index (χ1v) is 13.5. The molecule has 0 spiro atoms. The van der Waals surface area contributed by atoms with Crippen LogP contribution in [0.15, 0.2) is 66.0 Å². The second kappa shape index (κ2) is 9.69. The minimum Gasteiger partial charge on any atom is -0.364 e. The van der Waals surface area contributed by atoms with Gasteiger partial charge in [-0.15, -0.1) is 0 Å². The third-order valence-corrected chi connectivity index (χ3v) is 8.22. The number of aliphatic imine (C=N–C) groups is 1. The van der Waals surface area contributed by atoms with E-state index in [1.165, 1.54) is 36.9 Å². The number of likely N-dealkylation sites (tertiary alicyclic amines) is 2. The van der Waals surface area contributed by atoms with Crippen molar-refractivity contribution in [1.82, 2.24) is 24.3 Å². The fourth-order valence-corrected chi connectivity index (χ4v) is 6.22. The second-order valence-corrected chi connectivity index (χ2v) is 10.6. The normalized spacial score (nSPS) is 26.1. The number of hydrogen-bond donors (Lipinski definition) is 1. The molecule has 2 fully saturated rings. The summed E-state index contributed by atoms with van der Waals surface area (Å²) in [6, 6.07) is 16.1. The summed E-state index contributed by atoms with van der Waals surface area (Å²) in [5, 5.41) is 3.58. The average Bonchev–Trinajstić information content (AvgIpc) is 3.65. The molecule has 3 aliphatic heterocycles. The number of aromatic nitrogens is 3. The van der Waals surface area contributed by atoms with Crippen LogP contribution in [0.4, 0.5) is 5.82 Å². The maximum atomic E-state index is 5.40. The van der Waals surface area contributed by atoms with Gasteiger partial charge in [0.05, 0.1) is 6.04 Å². The highest BCUT2D eigenvalue weighted by Crippen LogP contribution is 2.40. The highest BCUT2D eigenvalue weighted by molar-refractivity contribution is 5.85. The molecule has 7 heteroatoms. The molecular formula is C29H37N7. The van der Waals surface area contributed by atoms with Gasteiger partial charge in [-0.1, -0.05) is 50.6 Å². The molecule has 0 radical (unpaired) electrons. The van der Waals surface area contributed by atoms with Crippen LogP contribution in [0.2, 0.25) is 0 Å². The average molecular weight is 484 g/mol. The van der Waals surface area contributed by atoms with Gasteiger partial charge in [-0.05, 0) is 49.6 Å². The Bertz CT molecular complexity index is 1220. The Morgan fingerprint density at radius 3 is 2.69 bits per heavy atom. The summed E-state index contributed by atoms with van der Waals surface area (Å²) in [5.74, 6) is 3.23. The van der Waals surface area contributed by atoms with Crippen LogP contribution in [-0.2, 0) is 0 Å². The van der Waals surface area contributed by atoms with E-state index >= 15 is 0 Å².